The fourth-order valence-corrected chi connectivity index (χ4v) is 3.64. The van der Waals surface area contributed by atoms with Crippen LogP contribution in [0.3, 0.4) is 0 Å². The van der Waals surface area contributed by atoms with E-state index in [1.807, 2.05) is 20.8 Å². The van der Waals surface area contributed by atoms with Gasteiger partial charge in [0.2, 0.25) is 0 Å². The zero-order valence-corrected chi connectivity index (χ0v) is 15.6. The number of carbonyl (C=O) groups excluding carboxylic acids is 1. The van der Waals surface area contributed by atoms with Crippen molar-refractivity contribution in [2.45, 2.75) is 58.1 Å². The Bertz CT molecular complexity index is 726. The SMILES string of the molecule is CC(C)(C)OC(=O)CC(c1ccc2ccccc2c1)N1CCCCC1. The minimum absolute atomic E-state index is 0.0970. The molecule has 25 heavy (non-hydrogen) atoms. The quantitative estimate of drug-likeness (QED) is 0.726. The first-order chi connectivity index (χ1) is 11.9. The molecular formula is C22H29NO2. The Morgan fingerprint density at radius 3 is 2.40 bits per heavy atom. The van der Waals surface area contributed by atoms with Crippen molar-refractivity contribution in [2.75, 3.05) is 13.1 Å². The van der Waals surface area contributed by atoms with E-state index in [0.29, 0.717) is 6.42 Å². The van der Waals surface area contributed by atoms with Gasteiger partial charge in [-0.2, -0.15) is 0 Å². The predicted octanol–water partition coefficient (Wildman–Crippen LogP) is 5.10. The second kappa shape index (κ2) is 7.57. The summed E-state index contributed by atoms with van der Waals surface area (Å²) >= 11 is 0. The molecule has 0 saturated carbocycles. The first kappa shape index (κ1) is 17.9. The Balaban J connectivity index is 1.87. The number of piperidine rings is 1. The number of hydrogen-bond donors (Lipinski definition) is 0. The lowest BCUT2D eigenvalue weighted by molar-refractivity contribution is -0.156. The Hall–Kier alpha value is -1.87. The van der Waals surface area contributed by atoms with E-state index in [1.54, 1.807) is 0 Å². The molecule has 0 aliphatic carbocycles. The van der Waals surface area contributed by atoms with Crippen LogP contribution in [0, 0.1) is 0 Å². The number of likely N-dealkylation sites (tertiary alicyclic amines) is 1. The van der Waals surface area contributed by atoms with E-state index in [1.165, 1.54) is 35.6 Å². The Morgan fingerprint density at radius 1 is 1.04 bits per heavy atom. The van der Waals surface area contributed by atoms with Crippen LogP contribution in [0.25, 0.3) is 10.8 Å². The zero-order valence-electron chi connectivity index (χ0n) is 15.6. The van der Waals surface area contributed by atoms with Crippen molar-refractivity contribution in [3.05, 3.63) is 48.0 Å². The highest BCUT2D eigenvalue weighted by molar-refractivity contribution is 5.83. The summed E-state index contributed by atoms with van der Waals surface area (Å²) in [7, 11) is 0. The van der Waals surface area contributed by atoms with Gasteiger partial charge in [0.05, 0.1) is 6.42 Å². The third-order valence-electron chi connectivity index (χ3n) is 4.77. The van der Waals surface area contributed by atoms with Crippen molar-refractivity contribution in [2.24, 2.45) is 0 Å². The van der Waals surface area contributed by atoms with E-state index in [-0.39, 0.29) is 12.0 Å². The van der Waals surface area contributed by atoms with Crippen LogP contribution in [-0.4, -0.2) is 29.6 Å². The molecule has 2 aromatic rings. The van der Waals surface area contributed by atoms with Crippen molar-refractivity contribution in [3.63, 3.8) is 0 Å². The van der Waals surface area contributed by atoms with Gasteiger partial charge in [-0.3, -0.25) is 9.69 Å². The normalized spacial score (nSPS) is 17.4. The number of nitrogens with zero attached hydrogens (tertiary/aromatic N) is 1. The minimum Gasteiger partial charge on any atom is -0.460 e. The number of benzene rings is 2. The topological polar surface area (TPSA) is 29.5 Å². The molecule has 0 aromatic heterocycles. The number of carbonyl (C=O) groups is 1. The summed E-state index contributed by atoms with van der Waals surface area (Å²) in [5, 5.41) is 2.46. The van der Waals surface area contributed by atoms with Gasteiger partial charge in [-0.25, -0.2) is 0 Å². The molecule has 0 bridgehead atoms. The molecule has 3 heteroatoms. The van der Waals surface area contributed by atoms with Gasteiger partial charge < -0.3 is 4.74 Å². The third kappa shape index (κ3) is 4.82. The van der Waals surface area contributed by atoms with Gasteiger partial charge in [0, 0.05) is 6.04 Å². The molecule has 0 radical (unpaired) electrons. The molecule has 3 nitrogen and oxygen atoms in total. The van der Waals surface area contributed by atoms with Gasteiger partial charge in [0.25, 0.3) is 0 Å². The maximum absolute atomic E-state index is 12.5. The number of esters is 1. The maximum atomic E-state index is 12.5. The van der Waals surface area contributed by atoms with E-state index in [9.17, 15) is 4.79 Å². The molecule has 1 atom stereocenters. The van der Waals surface area contributed by atoms with Crippen LogP contribution < -0.4 is 0 Å². The molecule has 1 heterocycles. The first-order valence-electron chi connectivity index (χ1n) is 9.37. The number of hydrogen-bond acceptors (Lipinski definition) is 3. The summed E-state index contributed by atoms with van der Waals surface area (Å²) in [5.74, 6) is -0.115. The highest BCUT2D eigenvalue weighted by atomic mass is 16.6. The highest BCUT2D eigenvalue weighted by Crippen LogP contribution is 2.30. The van der Waals surface area contributed by atoms with Crippen LogP contribution in [0.2, 0.25) is 0 Å². The summed E-state index contributed by atoms with van der Waals surface area (Å²) in [5.41, 5.74) is 0.777. The Kier molecular flexibility index (Phi) is 5.43. The molecular weight excluding hydrogens is 310 g/mol. The fourth-order valence-electron chi connectivity index (χ4n) is 3.64. The van der Waals surface area contributed by atoms with Crippen LogP contribution in [0.1, 0.15) is 58.1 Å². The molecule has 1 aliphatic rings. The van der Waals surface area contributed by atoms with E-state index in [0.717, 1.165) is 13.1 Å². The summed E-state index contributed by atoms with van der Waals surface area (Å²) < 4.78 is 5.60. The van der Waals surface area contributed by atoms with Gasteiger partial charge in [0.15, 0.2) is 0 Å². The zero-order chi connectivity index (χ0) is 17.9. The first-order valence-corrected chi connectivity index (χ1v) is 9.37. The fraction of sp³-hybridized carbons (Fsp3) is 0.500. The largest absolute Gasteiger partial charge is 0.460 e. The molecule has 1 unspecified atom stereocenters. The highest BCUT2D eigenvalue weighted by Gasteiger charge is 2.27. The predicted molar refractivity (Wildman–Crippen MR) is 103 cm³/mol. The van der Waals surface area contributed by atoms with Crippen molar-refractivity contribution >= 4 is 16.7 Å². The summed E-state index contributed by atoms with van der Waals surface area (Å²) in [6.45, 7) is 7.89. The average Bonchev–Trinajstić information content (AvgIpc) is 2.58. The molecule has 2 aromatic carbocycles. The Morgan fingerprint density at radius 2 is 1.72 bits per heavy atom. The summed E-state index contributed by atoms with van der Waals surface area (Å²) in [6, 6.07) is 15.1. The smallest absolute Gasteiger partial charge is 0.308 e. The number of fused-ring (bicyclic) bond motifs is 1. The Labute approximate surface area is 151 Å². The van der Waals surface area contributed by atoms with Crippen LogP contribution >= 0.6 is 0 Å². The van der Waals surface area contributed by atoms with E-state index in [4.69, 9.17) is 4.74 Å². The van der Waals surface area contributed by atoms with Gasteiger partial charge in [-0.1, -0.05) is 42.8 Å². The van der Waals surface area contributed by atoms with E-state index < -0.39 is 5.60 Å². The molecule has 3 rings (SSSR count). The van der Waals surface area contributed by atoms with Gasteiger partial charge in [-0.05, 0) is 69.1 Å². The summed E-state index contributed by atoms with van der Waals surface area (Å²) in [6.07, 6.45) is 4.11. The minimum atomic E-state index is -0.438. The van der Waals surface area contributed by atoms with Gasteiger partial charge in [-0.15, -0.1) is 0 Å². The summed E-state index contributed by atoms with van der Waals surface area (Å²) in [4.78, 5) is 15.0. The van der Waals surface area contributed by atoms with E-state index >= 15 is 0 Å². The second-order valence-electron chi connectivity index (χ2n) is 8.01. The van der Waals surface area contributed by atoms with Crippen molar-refractivity contribution in [1.29, 1.82) is 0 Å². The lowest BCUT2D eigenvalue weighted by Gasteiger charge is -2.35. The van der Waals surface area contributed by atoms with Crippen LogP contribution in [0.4, 0.5) is 0 Å². The monoisotopic (exact) mass is 339 g/mol. The maximum Gasteiger partial charge on any atom is 0.308 e. The molecule has 134 valence electrons. The van der Waals surface area contributed by atoms with Crippen molar-refractivity contribution in [3.8, 4) is 0 Å². The number of rotatable bonds is 4. The third-order valence-corrected chi connectivity index (χ3v) is 4.77. The molecule has 0 N–H and O–H groups in total. The number of ether oxygens (including phenoxy) is 1. The molecule has 0 amide bonds. The lowest BCUT2D eigenvalue weighted by atomic mass is 9.96. The lowest BCUT2D eigenvalue weighted by Crippen LogP contribution is -2.36. The molecule has 0 spiro atoms. The van der Waals surface area contributed by atoms with E-state index in [2.05, 4.69) is 47.4 Å². The average molecular weight is 339 g/mol. The van der Waals surface area contributed by atoms with Crippen molar-refractivity contribution in [1.82, 2.24) is 4.90 Å². The van der Waals surface area contributed by atoms with Gasteiger partial charge in [0.1, 0.15) is 5.60 Å². The molecule has 1 fully saturated rings. The van der Waals surface area contributed by atoms with Crippen LogP contribution in [0.15, 0.2) is 42.5 Å². The standard InChI is InChI=1S/C22H29NO2/c1-22(2,3)25-21(24)16-20(23-13-7-4-8-14-23)19-12-11-17-9-5-6-10-18(17)15-19/h5-6,9-12,15,20H,4,7-8,13-14,16H2,1-3H3. The van der Waals surface area contributed by atoms with Crippen LogP contribution in [0.5, 0.6) is 0 Å². The van der Waals surface area contributed by atoms with Gasteiger partial charge >= 0.3 is 5.97 Å². The van der Waals surface area contributed by atoms with Crippen molar-refractivity contribution < 1.29 is 9.53 Å². The molecule has 1 saturated heterocycles. The van der Waals surface area contributed by atoms with Crippen LogP contribution in [-0.2, 0) is 9.53 Å². The second-order valence-corrected chi connectivity index (χ2v) is 8.01. The molecule has 1 aliphatic heterocycles.